The molecule has 0 aliphatic heterocycles. The summed E-state index contributed by atoms with van der Waals surface area (Å²) in [5.74, 6) is 0. The number of aliphatic imine (C=N–C) groups is 1. The number of allylic oxidation sites excluding steroid dienone is 5. The van der Waals surface area contributed by atoms with E-state index < -0.39 is 0 Å². The van der Waals surface area contributed by atoms with E-state index in [1.165, 1.54) is 22.9 Å². The quantitative estimate of drug-likeness (QED) is 0.290. The molecule has 4 heteroatoms. The molecular weight excluding hydrogens is 356 g/mol. The number of unbranched alkanes of at least 4 members (excludes halogenated alkanes) is 1. The van der Waals surface area contributed by atoms with Crippen LogP contribution in [0.25, 0.3) is 5.57 Å². The van der Waals surface area contributed by atoms with Crippen LogP contribution in [0.5, 0.6) is 0 Å². The Hall–Kier alpha value is -2.62. The van der Waals surface area contributed by atoms with Crippen LogP contribution in [0.1, 0.15) is 76.0 Å². The van der Waals surface area contributed by atoms with E-state index >= 15 is 0 Å². The fourth-order valence-electron chi connectivity index (χ4n) is 3.91. The summed E-state index contributed by atoms with van der Waals surface area (Å²) in [7, 11) is 0. The first kappa shape index (κ1) is 22.7. The maximum absolute atomic E-state index is 7.96. The van der Waals surface area contributed by atoms with Crippen molar-refractivity contribution in [3.05, 3.63) is 57.8 Å². The first-order chi connectivity index (χ1) is 13.9. The van der Waals surface area contributed by atoms with Gasteiger partial charge in [0, 0.05) is 41.5 Å². The van der Waals surface area contributed by atoms with Crippen LogP contribution < -0.4 is 11.5 Å². The topological polar surface area (TPSA) is 88.2 Å². The van der Waals surface area contributed by atoms with Crippen LogP contribution in [0, 0.1) is 12.3 Å². The van der Waals surface area contributed by atoms with Gasteiger partial charge in [0.25, 0.3) is 0 Å². The van der Waals surface area contributed by atoms with Crippen molar-refractivity contribution in [2.24, 2.45) is 10.7 Å². The lowest BCUT2D eigenvalue weighted by molar-refractivity contribution is 0.718. The molecule has 1 aromatic carbocycles. The highest BCUT2D eigenvalue weighted by molar-refractivity contribution is 5.96. The highest BCUT2D eigenvalue weighted by Crippen LogP contribution is 2.41. The second-order valence-corrected chi connectivity index (χ2v) is 7.97. The first-order valence-corrected chi connectivity index (χ1v) is 10.7. The molecule has 0 spiro atoms. The third-order valence-corrected chi connectivity index (χ3v) is 5.37. The predicted octanol–water partition coefficient (Wildman–Crippen LogP) is 5.95. The normalized spacial score (nSPS) is 16.2. The third kappa shape index (κ3) is 5.47. The van der Waals surface area contributed by atoms with E-state index in [1.54, 1.807) is 6.20 Å². The molecule has 0 saturated heterocycles. The van der Waals surface area contributed by atoms with E-state index in [2.05, 4.69) is 44.8 Å². The minimum atomic E-state index is 0.220. The molecule has 29 heavy (non-hydrogen) atoms. The van der Waals surface area contributed by atoms with E-state index in [1.807, 2.05) is 12.3 Å². The summed E-state index contributed by atoms with van der Waals surface area (Å²) >= 11 is 0. The van der Waals surface area contributed by atoms with Crippen LogP contribution in [0.2, 0.25) is 0 Å². The van der Waals surface area contributed by atoms with Crippen molar-refractivity contribution >= 4 is 23.7 Å². The molecule has 0 unspecified atom stereocenters. The average molecular weight is 393 g/mol. The van der Waals surface area contributed by atoms with Crippen molar-refractivity contribution in [1.29, 1.82) is 5.41 Å². The van der Waals surface area contributed by atoms with Gasteiger partial charge in [-0.25, -0.2) is 0 Å². The molecule has 4 nitrogen and oxygen atoms in total. The van der Waals surface area contributed by atoms with E-state index in [9.17, 15) is 0 Å². The summed E-state index contributed by atoms with van der Waals surface area (Å²) in [5, 5.41) is 7.96. The van der Waals surface area contributed by atoms with Gasteiger partial charge in [0.2, 0.25) is 0 Å². The van der Waals surface area contributed by atoms with E-state index in [0.717, 1.165) is 60.8 Å². The van der Waals surface area contributed by atoms with Crippen LogP contribution in [0.3, 0.4) is 0 Å². The summed E-state index contributed by atoms with van der Waals surface area (Å²) < 4.78 is 0. The number of nitrogens with zero attached hydrogens (tertiary/aromatic N) is 1. The second kappa shape index (κ2) is 10.8. The SMILES string of the molecule is CCC/C=C(C1=C(c2c(C)ccc(N)c2C=N)CCCC1)\C(C=NC(C)C)=C\N. The van der Waals surface area contributed by atoms with Crippen molar-refractivity contribution in [2.75, 3.05) is 5.73 Å². The van der Waals surface area contributed by atoms with Gasteiger partial charge in [-0.2, -0.15) is 0 Å². The number of hydrogen-bond acceptors (Lipinski definition) is 4. The maximum atomic E-state index is 7.96. The Morgan fingerprint density at radius 1 is 1.24 bits per heavy atom. The fraction of sp³-hybridized carbons (Fsp3) is 0.440. The summed E-state index contributed by atoms with van der Waals surface area (Å²) in [4.78, 5) is 4.59. The zero-order chi connectivity index (χ0) is 21.4. The summed E-state index contributed by atoms with van der Waals surface area (Å²) in [6, 6.07) is 4.18. The zero-order valence-corrected chi connectivity index (χ0v) is 18.4. The number of anilines is 1. The number of benzene rings is 1. The number of nitrogen functional groups attached to an aromatic ring is 1. The Labute approximate surface area is 176 Å². The predicted molar refractivity (Wildman–Crippen MR) is 128 cm³/mol. The van der Waals surface area contributed by atoms with Gasteiger partial charge in [-0.3, -0.25) is 4.99 Å². The average Bonchev–Trinajstić information content (AvgIpc) is 2.72. The largest absolute Gasteiger partial charge is 0.404 e. The molecule has 0 amide bonds. The van der Waals surface area contributed by atoms with Crippen LogP contribution in [-0.2, 0) is 0 Å². The van der Waals surface area contributed by atoms with E-state index in [4.69, 9.17) is 16.9 Å². The van der Waals surface area contributed by atoms with Gasteiger partial charge in [0.1, 0.15) is 0 Å². The molecule has 1 aliphatic carbocycles. The van der Waals surface area contributed by atoms with Gasteiger partial charge in [-0.1, -0.05) is 25.5 Å². The number of nitrogens with one attached hydrogen (secondary N) is 1. The Kier molecular flexibility index (Phi) is 8.44. The maximum Gasteiger partial charge on any atom is 0.0443 e. The summed E-state index contributed by atoms with van der Waals surface area (Å²) in [5.41, 5.74) is 20.9. The van der Waals surface area contributed by atoms with Gasteiger partial charge in [-0.05, 0) is 86.8 Å². The highest BCUT2D eigenvalue weighted by atomic mass is 14.7. The van der Waals surface area contributed by atoms with Crippen LogP contribution in [-0.4, -0.2) is 18.5 Å². The van der Waals surface area contributed by atoms with E-state index in [-0.39, 0.29) is 6.04 Å². The monoisotopic (exact) mass is 392 g/mol. The molecule has 5 N–H and O–H groups in total. The minimum absolute atomic E-state index is 0.220. The molecular formula is C25H36N4. The molecule has 1 aromatic rings. The molecule has 0 heterocycles. The lowest BCUT2D eigenvalue weighted by Crippen LogP contribution is -2.10. The van der Waals surface area contributed by atoms with Crippen LogP contribution in [0.4, 0.5) is 5.69 Å². The first-order valence-electron chi connectivity index (χ1n) is 10.7. The Balaban J connectivity index is 2.75. The smallest absolute Gasteiger partial charge is 0.0443 e. The molecule has 0 fully saturated rings. The van der Waals surface area contributed by atoms with Gasteiger partial charge in [0.05, 0.1) is 0 Å². The Bertz CT molecular complexity index is 854. The molecule has 0 bridgehead atoms. The molecule has 2 rings (SSSR count). The number of hydrogen-bond donors (Lipinski definition) is 3. The molecule has 156 valence electrons. The Morgan fingerprint density at radius 2 is 1.97 bits per heavy atom. The summed E-state index contributed by atoms with van der Waals surface area (Å²) in [6.07, 6.45) is 13.7. The molecule has 0 radical (unpaired) electrons. The third-order valence-electron chi connectivity index (χ3n) is 5.37. The summed E-state index contributed by atoms with van der Waals surface area (Å²) in [6.45, 7) is 8.43. The molecule has 0 atom stereocenters. The van der Waals surface area contributed by atoms with Crippen LogP contribution >= 0.6 is 0 Å². The molecule has 1 aliphatic rings. The lowest BCUT2D eigenvalue weighted by Gasteiger charge is -2.26. The van der Waals surface area contributed by atoms with Crippen molar-refractivity contribution in [1.82, 2.24) is 0 Å². The van der Waals surface area contributed by atoms with Gasteiger partial charge < -0.3 is 16.9 Å². The Morgan fingerprint density at radius 3 is 2.59 bits per heavy atom. The van der Waals surface area contributed by atoms with Crippen molar-refractivity contribution < 1.29 is 0 Å². The van der Waals surface area contributed by atoms with Crippen molar-refractivity contribution in [3.8, 4) is 0 Å². The second-order valence-electron chi connectivity index (χ2n) is 7.97. The minimum Gasteiger partial charge on any atom is -0.404 e. The van der Waals surface area contributed by atoms with Crippen LogP contribution in [0.15, 0.2) is 46.1 Å². The van der Waals surface area contributed by atoms with E-state index in [0.29, 0.717) is 5.69 Å². The lowest BCUT2D eigenvalue weighted by atomic mass is 9.79. The standard InChI is InChI=1S/C25H36N4/c1-5-6-9-20(19(14-26)16-29-17(2)3)21-10-7-8-11-22(21)25-18(4)12-13-24(28)23(25)15-27/h9,12-17,27H,5-8,10-11,26,28H2,1-4H3/b19-14+,20-9+,27-15?,29-16?. The fourth-order valence-corrected chi connectivity index (χ4v) is 3.91. The van der Waals surface area contributed by atoms with Gasteiger partial charge in [0.15, 0.2) is 0 Å². The zero-order valence-electron chi connectivity index (χ0n) is 18.4. The molecule has 0 aromatic heterocycles. The van der Waals surface area contributed by atoms with Crippen molar-refractivity contribution in [2.45, 2.75) is 72.3 Å². The van der Waals surface area contributed by atoms with Gasteiger partial charge in [-0.15, -0.1) is 0 Å². The highest BCUT2D eigenvalue weighted by Gasteiger charge is 2.22. The number of nitrogens with two attached hydrogens (primary N) is 2. The van der Waals surface area contributed by atoms with Gasteiger partial charge >= 0.3 is 0 Å². The van der Waals surface area contributed by atoms with Crippen molar-refractivity contribution in [3.63, 3.8) is 0 Å². The molecule has 0 saturated carbocycles. The number of rotatable bonds is 8. The number of aryl methyl sites for hydroxylation is 1.